The summed E-state index contributed by atoms with van der Waals surface area (Å²) in [5.41, 5.74) is 4.21. The van der Waals surface area contributed by atoms with Gasteiger partial charge in [0.15, 0.2) is 0 Å². The number of hydrogen-bond acceptors (Lipinski definition) is 3. The van der Waals surface area contributed by atoms with Crippen LogP contribution in [0.2, 0.25) is 0 Å². The van der Waals surface area contributed by atoms with E-state index in [0.29, 0.717) is 18.0 Å². The first kappa shape index (κ1) is 18.8. The number of hydrogen-bond donors (Lipinski definition) is 0. The first-order valence-corrected chi connectivity index (χ1v) is 10.1. The van der Waals surface area contributed by atoms with Gasteiger partial charge in [0.05, 0.1) is 18.3 Å². The lowest BCUT2D eigenvalue weighted by Gasteiger charge is -2.22. The Bertz CT molecular complexity index is 1310. The summed E-state index contributed by atoms with van der Waals surface area (Å²) in [5.74, 6) is 0.538. The normalized spacial score (nSPS) is 10.8. The molecule has 5 rings (SSSR count). The fraction of sp³-hybridized carbons (Fsp3) is 0.0370. The number of pyridine rings is 1. The standard InChI is InChI=1S/C27H20N2O2/c30-27(26-17-14-22-9-4-5-11-25(22)28-26)29(19-24-10-6-18-31-24)23-15-12-21(13-16-23)20-7-2-1-3-8-20/h1-18H,19H2. The number of benzene rings is 3. The van der Waals surface area contributed by atoms with E-state index in [1.165, 1.54) is 0 Å². The monoisotopic (exact) mass is 404 g/mol. The number of carbonyl (C=O) groups is 1. The molecule has 0 aliphatic carbocycles. The van der Waals surface area contributed by atoms with Gasteiger partial charge in [-0.3, -0.25) is 9.69 Å². The summed E-state index contributed by atoms with van der Waals surface area (Å²) in [7, 11) is 0. The van der Waals surface area contributed by atoms with Crippen LogP contribution in [0, 0.1) is 0 Å². The summed E-state index contributed by atoms with van der Waals surface area (Å²) in [4.78, 5) is 19.8. The third-order valence-electron chi connectivity index (χ3n) is 5.24. The third-order valence-corrected chi connectivity index (χ3v) is 5.24. The Morgan fingerprint density at radius 1 is 0.742 bits per heavy atom. The summed E-state index contributed by atoms with van der Waals surface area (Å²) < 4.78 is 5.52. The van der Waals surface area contributed by atoms with Crippen LogP contribution in [0.5, 0.6) is 0 Å². The van der Waals surface area contributed by atoms with Crippen molar-refractivity contribution in [3.05, 3.63) is 121 Å². The molecule has 2 heterocycles. The number of anilines is 1. The summed E-state index contributed by atoms with van der Waals surface area (Å²) in [6, 6.07) is 33.3. The number of amides is 1. The highest BCUT2D eigenvalue weighted by molar-refractivity contribution is 6.05. The molecule has 0 aliphatic rings. The highest BCUT2D eigenvalue weighted by Gasteiger charge is 2.21. The van der Waals surface area contributed by atoms with Crippen LogP contribution in [0.1, 0.15) is 16.2 Å². The third kappa shape index (κ3) is 3.96. The summed E-state index contributed by atoms with van der Waals surface area (Å²) in [6.45, 7) is 0.324. The van der Waals surface area contributed by atoms with Crippen LogP contribution < -0.4 is 4.90 Å². The van der Waals surface area contributed by atoms with Crippen LogP contribution in [0.15, 0.2) is 114 Å². The fourth-order valence-corrected chi connectivity index (χ4v) is 3.63. The number of para-hydroxylation sites is 1. The quantitative estimate of drug-likeness (QED) is 0.343. The summed E-state index contributed by atoms with van der Waals surface area (Å²) in [5, 5.41) is 1.00. The molecule has 150 valence electrons. The maximum atomic E-state index is 13.5. The predicted molar refractivity (Wildman–Crippen MR) is 123 cm³/mol. The molecule has 31 heavy (non-hydrogen) atoms. The van der Waals surface area contributed by atoms with E-state index in [-0.39, 0.29) is 5.91 Å². The molecule has 5 aromatic rings. The van der Waals surface area contributed by atoms with Crippen LogP contribution in [0.3, 0.4) is 0 Å². The van der Waals surface area contributed by atoms with Crippen molar-refractivity contribution in [1.29, 1.82) is 0 Å². The van der Waals surface area contributed by atoms with Crippen molar-refractivity contribution >= 4 is 22.5 Å². The van der Waals surface area contributed by atoms with Gasteiger partial charge in [0.25, 0.3) is 5.91 Å². The number of fused-ring (bicyclic) bond motifs is 1. The smallest absolute Gasteiger partial charge is 0.277 e. The van der Waals surface area contributed by atoms with E-state index in [1.54, 1.807) is 17.2 Å². The van der Waals surface area contributed by atoms with Crippen LogP contribution in [0.25, 0.3) is 22.0 Å². The number of furan rings is 1. The van der Waals surface area contributed by atoms with E-state index >= 15 is 0 Å². The second-order valence-electron chi connectivity index (χ2n) is 7.27. The fourth-order valence-electron chi connectivity index (χ4n) is 3.63. The largest absolute Gasteiger partial charge is 0.467 e. The molecule has 3 aromatic carbocycles. The number of carbonyl (C=O) groups excluding carboxylic acids is 1. The number of rotatable bonds is 5. The maximum Gasteiger partial charge on any atom is 0.277 e. The van der Waals surface area contributed by atoms with Crippen molar-refractivity contribution in [2.75, 3.05) is 4.90 Å². The van der Waals surface area contributed by atoms with E-state index in [1.807, 2.05) is 84.9 Å². The van der Waals surface area contributed by atoms with Gasteiger partial charge in [-0.1, -0.05) is 66.7 Å². The SMILES string of the molecule is O=C(c1ccc2ccccc2n1)N(Cc1ccco1)c1ccc(-c2ccccc2)cc1. The Morgan fingerprint density at radius 2 is 1.48 bits per heavy atom. The van der Waals surface area contributed by atoms with Gasteiger partial charge >= 0.3 is 0 Å². The lowest BCUT2D eigenvalue weighted by Crippen LogP contribution is -2.31. The molecular formula is C27H20N2O2. The number of aromatic nitrogens is 1. The van der Waals surface area contributed by atoms with E-state index < -0.39 is 0 Å². The van der Waals surface area contributed by atoms with Crippen molar-refractivity contribution in [2.24, 2.45) is 0 Å². The Kier molecular flexibility index (Phi) is 5.03. The van der Waals surface area contributed by atoms with Crippen LogP contribution >= 0.6 is 0 Å². The Balaban J connectivity index is 1.51. The van der Waals surface area contributed by atoms with Crippen LogP contribution in [0.4, 0.5) is 5.69 Å². The van der Waals surface area contributed by atoms with Crippen molar-refractivity contribution in [1.82, 2.24) is 4.98 Å². The molecule has 0 fully saturated rings. The van der Waals surface area contributed by atoms with Crippen LogP contribution in [-0.4, -0.2) is 10.9 Å². The molecule has 4 nitrogen and oxygen atoms in total. The molecule has 4 heteroatoms. The second-order valence-corrected chi connectivity index (χ2v) is 7.27. The molecule has 2 aromatic heterocycles. The van der Waals surface area contributed by atoms with Gasteiger partial charge in [-0.05, 0) is 47.5 Å². The molecule has 0 radical (unpaired) electrons. The van der Waals surface area contributed by atoms with Gasteiger partial charge in [0.1, 0.15) is 11.5 Å². The van der Waals surface area contributed by atoms with Gasteiger partial charge in [0, 0.05) is 11.1 Å². The van der Waals surface area contributed by atoms with E-state index in [2.05, 4.69) is 17.1 Å². The van der Waals surface area contributed by atoms with Gasteiger partial charge in [-0.2, -0.15) is 0 Å². The van der Waals surface area contributed by atoms with Crippen molar-refractivity contribution in [3.63, 3.8) is 0 Å². The number of nitrogens with zero attached hydrogens (tertiary/aromatic N) is 2. The van der Waals surface area contributed by atoms with E-state index in [9.17, 15) is 4.79 Å². The highest BCUT2D eigenvalue weighted by Crippen LogP contribution is 2.26. The average Bonchev–Trinajstić information content (AvgIpc) is 3.36. The lowest BCUT2D eigenvalue weighted by atomic mass is 10.1. The first-order chi connectivity index (χ1) is 15.3. The maximum absolute atomic E-state index is 13.5. The molecule has 0 bridgehead atoms. The molecule has 0 aliphatic heterocycles. The van der Waals surface area contributed by atoms with E-state index in [0.717, 1.165) is 27.7 Å². The minimum atomic E-state index is -0.172. The van der Waals surface area contributed by atoms with Crippen molar-refractivity contribution in [2.45, 2.75) is 6.54 Å². The first-order valence-electron chi connectivity index (χ1n) is 10.1. The van der Waals surface area contributed by atoms with Gasteiger partial charge in [0.2, 0.25) is 0 Å². The van der Waals surface area contributed by atoms with Crippen molar-refractivity contribution in [3.8, 4) is 11.1 Å². The molecule has 0 atom stereocenters. The summed E-state index contributed by atoms with van der Waals surface area (Å²) in [6.07, 6.45) is 1.62. The topological polar surface area (TPSA) is 46.3 Å². The average molecular weight is 404 g/mol. The van der Waals surface area contributed by atoms with Gasteiger partial charge < -0.3 is 4.42 Å². The molecule has 0 N–H and O–H groups in total. The molecule has 0 spiro atoms. The van der Waals surface area contributed by atoms with Gasteiger partial charge in [-0.15, -0.1) is 0 Å². The zero-order valence-corrected chi connectivity index (χ0v) is 16.8. The molecule has 0 unspecified atom stereocenters. The predicted octanol–water partition coefficient (Wildman–Crippen LogP) is 6.34. The summed E-state index contributed by atoms with van der Waals surface area (Å²) >= 11 is 0. The van der Waals surface area contributed by atoms with Crippen molar-refractivity contribution < 1.29 is 9.21 Å². The Hall–Kier alpha value is -4.18. The highest BCUT2D eigenvalue weighted by atomic mass is 16.3. The molecular weight excluding hydrogens is 384 g/mol. The minimum absolute atomic E-state index is 0.172. The molecule has 0 saturated heterocycles. The molecule has 0 saturated carbocycles. The van der Waals surface area contributed by atoms with E-state index in [4.69, 9.17) is 4.42 Å². The van der Waals surface area contributed by atoms with Crippen LogP contribution in [-0.2, 0) is 6.54 Å². The zero-order valence-electron chi connectivity index (χ0n) is 16.8. The minimum Gasteiger partial charge on any atom is -0.467 e. The molecule has 1 amide bonds. The van der Waals surface area contributed by atoms with Gasteiger partial charge in [-0.25, -0.2) is 4.98 Å². The Labute approximate surface area is 180 Å². The zero-order chi connectivity index (χ0) is 21.0. The lowest BCUT2D eigenvalue weighted by molar-refractivity contribution is 0.0979. The second kappa shape index (κ2) is 8.28. The Morgan fingerprint density at radius 3 is 2.26 bits per heavy atom.